The van der Waals surface area contributed by atoms with Crippen LogP contribution in [0.3, 0.4) is 0 Å². The molecule has 0 spiro atoms. The Labute approximate surface area is 135 Å². The van der Waals surface area contributed by atoms with Crippen LogP contribution >= 0.6 is 0 Å². The Morgan fingerprint density at radius 1 is 1.00 bits per heavy atom. The number of rotatable bonds is 5. The number of nitrogens with one attached hydrogen (secondary N) is 2. The Kier molecular flexibility index (Phi) is 5.78. The molecule has 0 bridgehead atoms. The average molecular weight is 338 g/mol. The van der Waals surface area contributed by atoms with Crippen LogP contribution < -0.4 is 15.6 Å². The molecular formula is C16H13F3N2O3. The Balaban J connectivity index is 1.85. The van der Waals surface area contributed by atoms with Crippen LogP contribution in [-0.2, 0) is 11.2 Å². The average Bonchev–Trinajstić information content (AvgIpc) is 2.54. The van der Waals surface area contributed by atoms with Gasteiger partial charge in [0.2, 0.25) is 5.91 Å². The van der Waals surface area contributed by atoms with Crippen molar-refractivity contribution < 1.29 is 27.5 Å². The van der Waals surface area contributed by atoms with Gasteiger partial charge in [0.05, 0.1) is 12.0 Å². The van der Waals surface area contributed by atoms with Gasteiger partial charge in [-0.1, -0.05) is 24.3 Å². The number of amides is 2. The third kappa shape index (κ3) is 5.01. The SMILES string of the molecule is O=C(Cc1ccc(OC(F)F)cc1)NNC(=O)c1ccccc1F. The van der Waals surface area contributed by atoms with Crippen LogP contribution in [0.25, 0.3) is 0 Å². The van der Waals surface area contributed by atoms with Gasteiger partial charge in [-0.3, -0.25) is 20.4 Å². The maximum Gasteiger partial charge on any atom is 0.387 e. The van der Waals surface area contributed by atoms with Crippen LogP contribution in [0.1, 0.15) is 15.9 Å². The lowest BCUT2D eigenvalue weighted by Gasteiger charge is -2.09. The first-order valence-corrected chi connectivity index (χ1v) is 6.83. The highest BCUT2D eigenvalue weighted by molar-refractivity contribution is 5.95. The van der Waals surface area contributed by atoms with E-state index in [9.17, 15) is 22.8 Å². The highest BCUT2D eigenvalue weighted by atomic mass is 19.3. The minimum absolute atomic E-state index is 0.0259. The summed E-state index contributed by atoms with van der Waals surface area (Å²) in [7, 11) is 0. The topological polar surface area (TPSA) is 67.4 Å². The molecule has 0 aliphatic carbocycles. The smallest absolute Gasteiger partial charge is 0.387 e. The molecular weight excluding hydrogens is 325 g/mol. The molecule has 2 amide bonds. The van der Waals surface area contributed by atoms with Gasteiger partial charge < -0.3 is 4.74 Å². The van der Waals surface area contributed by atoms with E-state index in [0.717, 1.165) is 6.07 Å². The van der Waals surface area contributed by atoms with Gasteiger partial charge in [0.25, 0.3) is 5.91 Å². The maximum atomic E-state index is 13.4. The van der Waals surface area contributed by atoms with E-state index in [0.29, 0.717) is 5.56 Å². The van der Waals surface area contributed by atoms with Gasteiger partial charge in [0.15, 0.2) is 0 Å². The van der Waals surface area contributed by atoms with E-state index < -0.39 is 24.2 Å². The third-order valence-electron chi connectivity index (χ3n) is 2.95. The largest absolute Gasteiger partial charge is 0.435 e. The normalized spacial score (nSPS) is 10.3. The number of hydrogen-bond donors (Lipinski definition) is 2. The Hall–Kier alpha value is -3.03. The highest BCUT2D eigenvalue weighted by Crippen LogP contribution is 2.15. The van der Waals surface area contributed by atoms with Crippen molar-refractivity contribution in [3.63, 3.8) is 0 Å². The fourth-order valence-electron chi connectivity index (χ4n) is 1.86. The van der Waals surface area contributed by atoms with Crippen LogP contribution in [0.5, 0.6) is 5.75 Å². The molecule has 0 aliphatic heterocycles. The van der Waals surface area contributed by atoms with Crippen LogP contribution in [0, 0.1) is 5.82 Å². The summed E-state index contributed by atoms with van der Waals surface area (Å²) in [6.07, 6.45) is -0.105. The summed E-state index contributed by atoms with van der Waals surface area (Å²) in [6, 6.07) is 10.8. The van der Waals surface area contributed by atoms with Crippen LogP contribution in [0.4, 0.5) is 13.2 Å². The number of ether oxygens (including phenoxy) is 1. The Morgan fingerprint density at radius 3 is 2.29 bits per heavy atom. The first-order valence-electron chi connectivity index (χ1n) is 6.83. The third-order valence-corrected chi connectivity index (χ3v) is 2.95. The molecule has 0 heterocycles. The van der Waals surface area contributed by atoms with E-state index in [-0.39, 0.29) is 17.7 Å². The second-order valence-corrected chi connectivity index (χ2v) is 4.68. The number of hydrogen-bond acceptors (Lipinski definition) is 3. The second kappa shape index (κ2) is 8.00. The van der Waals surface area contributed by atoms with Gasteiger partial charge in [-0.15, -0.1) is 0 Å². The monoisotopic (exact) mass is 338 g/mol. The van der Waals surface area contributed by atoms with E-state index in [2.05, 4.69) is 15.6 Å². The fourth-order valence-corrected chi connectivity index (χ4v) is 1.86. The highest BCUT2D eigenvalue weighted by Gasteiger charge is 2.12. The summed E-state index contributed by atoms with van der Waals surface area (Å²) in [6.45, 7) is -2.92. The van der Waals surface area contributed by atoms with Crippen molar-refractivity contribution in [1.82, 2.24) is 10.9 Å². The number of halogens is 3. The second-order valence-electron chi connectivity index (χ2n) is 4.68. The predicted molar refractivity (Wildman–Crippen MR) is 78.8 cm³/mol. The Bertz CT molecular complexity index is 721. The number of carbonyl (C=O) groups is 2. The summed E-state index contributed by atoms with van der Waals surface area (Å²) >= 11 is 0. The standard InChI is InChI=1S/C16H13F3N2O3/c17-13-4-2-1-3-12(13)15(23)21-20-14(22)9-10-5-7-11(8-6-10)24-16(18)19/h1-8,16H,9H2,(H,20,22)(H,21,23). The Morgan fingerprint density at radius 2 is 1.67 bits per heavy atom. The molecule has 0 unspecified atom stereocenters. The zero-order chi connectivity index (χ0) is 17.5. The lowest BCUT2D eigenvalue weighted by molar-refractivity contribution is -0.121. The van der Waals surface area contributed by atoms with Crippen molar-refractivity contribution in [2.45, 2.75) is 13.0 Å². The number of alkyl halides is 2. The molecule has 0 fully saturated rings. The first kappa shape index (κ1) is 17.3. The van der Waals surface area contributed by atoms with Gasteiger partial charge >= 0.3 is 6.61 Å². The van der Waals surface area contributed by atoms with Gasteiger partial charge in [-0.25, -0.2) is 4.39 Å². The molecule has 0 saturated carbocycles. The molecule has 0 radical (unpaired) electrons. The molecule has 5 nitrogen and oxygen atoms in total. The van der Waals surface area contributed by atoms with E-state index in [1.807, 2.05) is 0 Å². The van der Waals surface area contributed by atoms with Crippen LogP contribution in [-0.4, -0.2) is 18.4 Å². The van der Waals surface area contributed by atoms with Crippen molar-refractivity contribution in [3.05, 3.63) is 65.5 Å². The summed E-state index contributed by atoms with van der Waals surface area (Å²) in [5, 5.41) is 0. The molecule has 8 heteroatoms. The lowest BCUT2D eigenvalue weighted by atomic mass is 10.1. The van der Waals surface area contributed by atoms with Crippen molar-refractivity contribution >= 4 is 11.8 Å². The van der Waals surface area contributed by atoms with Crippen LogP contribution in [0.15, 0.2) is 48.5 Å². The molecule has 0 saturated heterocycles. The number of hydrazine groups is 1. The first-order chi connectivity index (χ1) is 11.5. The molecule has 2 N–H and O–H groups in total. The zero-order valence-corrected chi connectivity index (χ0v) is 12.3. The molecule has 0 aliphatic rings. The quantitative estimate of drug-likeness (QED) is 0.823. The van der Waals surface area contributed by atoms with Crippen molar-refractivity contribution in [1.29, 1.82) is 0 Å². The molecule has 2 rings (SSSR count). The molecule has 126 valence electrons. The summed E-state index contributed by atoms with van der Waals surface area (Å²) < 4.78 is 41.6. The summed E-state index contributed by atoms with van der Waals surface area (Å²) in [5.41, 5.74) is 4.56. The van der Waals surface area contributed by atoms with Crippen molar-refractivity contribution in [3.8, 4) is 5.75 Å². The van der Waals surface area contributed by atoms with Crippen molar-refractivity contribution in [2.24, 2.45) is 0 Å². The van der Waals surface area contributed by atoms with Crippen molar-refractivity contribution in [2.75, 3.05) is 0 Å². The maximum absolute atomic E-state index is 13.4. The zero-order valence-electron chi connectivity index (χ0n) is 12.3. The van der Waals surface area contributed by atoms with E-state index in [1.54, 1.807) is 0 Å². The van der Waals surface area contributed by atoms with E-state index in [4.69, 9.17) is 0 Å². The fraction of sp³-hybridized carbons (Fsp3) is 0.125. The summed E-state index contributed by atoms with van der Waals surface area (Å²) in [4.78, 5) is 23.4. The molecule has 0 aromatic heterocycles. The number of benzene rings is 2. The van der Waals surface area contributed by atoms with E-state index in [1.165, 1.54) is 42.5 Å². The van der Waals surface area contributed by atoms with Gasteiger partial charge in [-0.05, 0) is 29.8 Å². The molecule has 24 heavy (non-hydrogen) atoms. The van der Waals surface area contributed by atoms with Gasteiger partial charge in [0.1, 0.15) is 11.6 Å². The number of carbonyl (C=O) groups excluding carboxylic acids is 2. The lowest BCUT2D eigenvalue weighted by Crippen LogP contribution is -2.42. The minimum atomic E-state index is -2.92. The van der Waals surface area contributed by atoms with Crippen LogP contribution in [0.2, 0.25) is 0 Å². The molecule has 2 aromatic carbocycles. The van der Waals surface area contributed by atoms with Gasteiger partial charge in [-0.2, -0.15) is 8.78 Å². The molecule has 2 aromatic rings. The predicted octanol–water partition coefficient (Wildman–Crippen LogP) is 2.43. The van der Waals surface area contributed by atoms with E-state index >= 15 is 0 Å². The van der Waals surface area contributed by atoms with Gasteiger partial charge in [0, 0.05) is 0 Å². The minimum Gasteiger partial charge on any atom is -0.435 e. The molecule has 0 atom stereocenters. The summed E-state index contributed by atoms with van der Waals surface area (Å²) in [5.74, 6) is -2.08.